The summed E-state index contributed by atoms with van der Waals surface area (Å²) in [6.07, 6.45) is 27.8. The van der Waals surface area contributed by atoms with Crippen LogP contribution in [0.3, 0.4) is 0 Å². The zero-order valence-electron chi connectivity index (χ0n) is 18.7. The van der Waals surface area contributed by atoms with E-state index in [9.17, 15) is 0 Å². The molecule has 0 aromatic rings. The van der Waals surface area contributed by atoms with E-state index in [1.807, 2.05) is 0 Å². The van der Waals surface area contributed by atoms with Crippen molar-refractivity contribution in [3.05, 3.63) is 0 Å². The molecule has 5 atom stereocenters. The molecule has 0 nitrogen and oxygen atoms in total. The Labute approximate surface area is 170 Å². The Morgan fingerprint density at radius 2 is 1.22 bits per heavy atom. The molecule has 156 valence electrons. The fraction of sp³-hybridized carbons (Fsp3) is 1.00. The number of rotatable bonds is 5. The van der Waals surface area contributed by atoms with Gasteiger partial charge in [0, 0.05) is 0 Å². The highest BCUT2D eigenvalue weighted by molar-refractivity contribution is 4.99. The van der Waals surface area contributed by atoms with Gasteiger partial charge in [-0.25, -0.2) is 0 Å². The van der Waals surface area contributed by atoms with E-state index in [0.29, 0.717) is 5.41 Å². The van der Waals surface area contributed by atoms with Crippen LogP contribution in [0, 0.1) is 40.9 Å². The van der Waals surface area contributed by atoms with Crippen LogP contribution in [0.5, 0.6) is 0 Å². The summed E-state index contributed by atoms with van der Waals surface area (Å²) in [5, 5.41) is 0. The molecular weight excluding hydrogens is 324 g/mol. The van der Waals surface area contributed by atoms with Gasteiger partial charge >= 0.3 is 0 Å². The molecule has 4 fully saturated rings. The van der Waals surface area contributed by atoms with Crippen LogP contribution in [0.1, 0.15) is 129 Å². The molecule has 4 aliphatic carbocycles. The first-order valence-corrected chi connectivity index (χ1v) is 13.2. The van der Waals surface area contributed by atoms with Gasteiger partial charge in [0.05, 0.1) is 0 Å². The zero-order valence-corrected chi connectivity index (χ0v) is 18.7. The van der Waals surface area contributed by atoms with Crippen molar-refractivity contribution in [2.24, 2.45) is 40.9 Å². The van der Waals surface area contributed by atoms with Gasteiger partial charge in [0.25, 0.3) is 0 Å². The zero-order chi connectivity index (χ0) is 18.7. The van der Waals surface area contributed by atoms with Crippen LogP contribution in [-0.4, -0.2) is 0 Å². The Balaban J connectivity index is 1.54. The van der Waals surface area contributed by atoms with Gasteiger partial charge in [0.2, 0.25) is 0 Å². The molecule has 0 aromatic heterocycles. The molecule has 0 heteroatoms. The van der Waals surface area contributed by atoms with Crippen LogP contribution >= 0.6 is 0 Å². The van der Waals surface area contributed by atoms with E-state index < -0.39 is 0 Å². The molecule has 0 aliphatic heterocycles. The highest BCUT2D eigenvalue weighted by Gasteiger charge is 2.49. The molecule has 0 amide bonds. The molecule has 0 saturated heterocycles. The van der Waals surface area contributed by atoms with E-state index in [1.54, 1.807) is 64.2 Å². The largest absolute Gasteiger partial charge is 0.0622 e. The maximum Gasteiger partial charge on any atom is -0.0264 e. The monoisotopic (exact) mass is 372 g/mol. The van der Waals surface area contributed by atoms with Gasteiger partial charge in [-0.15, -0.1) is 0 Å². The van der Waals surface area contributed by atoms with Crippen LogP contribution in [0.25, 0.3) is 0 Å². The summed E-state index contributed by atoms with van der Waals surface area (Å²) in [5.41, 5.74) is 0.675. The smallest absolute Gasteiger partial charge is 0.0264 e. The minimum absolute atomic E-state index is 0.675. The van der Waals surface area contributed by atoms with Crippen molar-refractivity contribution in [1.82, 2.24) is 0 Å². The average molecular weight is 373 g/mol. The highest BCUT2D eigenvalue weighted by Crippen LogP contribution is 2.59. The third kappa shape index (κ3) is 4.45. The molecule has 4 aliphatic rings. The third-order valence-corrected chi connectivity index (χ3v) is 10.2. The topological polar surface area (TPSA) is 0 Å². The summed E-state index contributed by atoms with van der Waals surface area (Å²) in [4.78, 5) is 0. The summed E-state index contributed by atoms with van der Waals surface area (Å²) in [7, 11) is 0. The van der Waals surface area contributed by atoms with Gasteiger partial charge in [-0.1, -0.05) is 110 Å². The van der Waals surface area contributed by atoms with Crippen LogP contribution in [0.4, 0.5) is 0 Å². The van der Waals surface area contributed by atoms with E-state index in [2.05, 4.69) is 13.8 Å². The SMILES string of the molecule is CC(CC(C1CCCCC1)C1(C)CCCC2CCCCC21)C1CCCCC1. The van der Waals surface area contributed by atoms with Gasteiger partial charge in [0.15, 0.2) is 0 Å². The first-order valence-electron chi connectivity index (χ1n) is 13.2. The van der Waals surface area contributed by atoms with E-state index in [4.69, 9.17) is 0 Å². The van der Waals surface area contributed by atoms with E-state index in [-0.39, 0.29) is 0 Å². The molecule has 0 radical (unpaired) electrons. The third-order valence-electron chi connectivity index (χ3n) is 10.2. The fourth-order valence-corrected chi connectivity index (χ4v) is 8.65. The second-order valence-corrected chi connectivity index (χ2v) is 11.7. The summed E-state index contributed by atoms with van der Waals surface area (Å²) in [6, 6.07) is 0. The van der Waals surface area contributed by atoms with Gasteiger partial charge in [0.1, 0.15) is 0 Å². The molecular formula is C27H48. The summed E-state index contributed by atoms with van der Waals surface area (Å²) in [6.45, 7) is 5.47. The first kappa shape index (κ1) is 20.3. The predicted molar refractivity (Wildman–Crippen MR) is 118 cm³/mol. The Bertz CT molecular complexity index is 439. The molecule has 5 unspecified atom stereocenters. The van der Waals surface area contributed by atoms with Gasteiger partial charge < -0.3 is 0 Å². The lowest BCUT2D eigenvalue weighted by atomic mass is 9.49. The summed E-state index contributed by atoms with van der Waals surface area (Å²) in [5.74, 6) is 6.31. The van der Waals surface area contributed by atoms with Crippen LogP contribution in [0.15, 0.2) is 0 Å². The lowest BCUT2D eigenvalue weighted by molar-refractivity contribution is -0.0603. The van der Waals surface area contributed by atoms with Crippen molar-refractivity contribution in [2.45, 2.75) is 129 Å². The normalized spacial score (nSPS) is 38.9. The number of hydrogen-bond donors (Lipinski definition) is 0. The Morgan fingerprint density at radius 1 is 0.667 bits per heavy atom. The van der Waals surface area contributed by atoms with Crippen LogP contribution < -0.4 is 0 Å². The predicted octanol–water partition coefficient (Wildman–Crippen LogP) is 8.79. The summed E-state index contributed by atoms with van der Waals surface area (Å²) < 4.78 is 0. The Hall–Kier alpha value is 0. The maximum atomic E-state index is 2.81. The molecule has 0 aromatic carbocycles. The molecule has 0 N–H and O–H groups in total. The quantitative estimate of drug-likeness (QED) is 0.452. The van der Waals surface area contributed by atoms with E-state index in [1.165, 1.54) is 51.4 Å². The minimum atomic E-state index is 0.675. The standard InChI is InChI=1S/C27H48/c1-21(22-12-5-3-6-13-22)20-26(24-14-7-4-8-15-24)27(2)19-11-17-23-16-9-10-18-25(23)27/h21-26H,3-20H2,1-2H3. The van der Waals surface area contributed by atoms with Crippen molar-refractivity contribution in [3.8, 4) is 0 Å². The summed E-state index contributed by atoms with van der Waals surface area (Å²) >= 11 is 0. The fourth-order valence-electron chi connectivity index (χ4n) is 8.65. The van der Waals surface area contributed by atoms with Crippen LogP contribution in [0.2, 0.25) is 0 Å². The van der Waals surface area contributed by atoms with Crippen molar-refractivity contribution < 1.29 is 0 Å². The van der Waals surface area contributed by atoms with Crippen molar-refractivity contribution >= 4 is 0 Å². The lowest BCUT2D eigenvalue weighted by Crippen LogP contribution is -2.47. The maximum absolute atomic E-state index is 2.81. The highest BCUT2D eigenvalue weighted by atomic mass is 14.5. The number of hydrogen-bond acceptors (Lipinski definition) is 0. The minimum Gasteiger partial charge on any atom is -0.0622 e. The lowest BCUT2D eigenvalue weighted by Gasteiger charge is -2.56. The Morgan fingerprint density at radius 3 is 1.93 bits per heavy atom. The van der Waals surface area contributed by atoms with Gasteiger partial charge in [-0.2, -0.15) is 0 Å². The molecule has 0 bridgehead atoms. The molecule has 4 rings (SSSR count). The molecule has 27 heavy (non-hydrogen) atoms. The Kier molecular flexibility index (Phi) is 6.92. The molecule has 0 spiro atoms. The second kappa shape index (κ2) is 9.21. The molecule has 0 heterocycles. The van der Waals surface area contributed by atoms with Crippen molar-refractivity contribution in [3.63, 3.8) is 0 Å². The van der Waals surface area contributed by atoms with Crippen molar-refractivity contribution in [1.29, 1.82) is 0 Å². The van der Waals surface area contributed by atoms with Gasteiger partial charge in [-0.3, -0.25) is 0 Å². The number of fused-ring (bicyclic) bond motifs is 1. The first-order chi connectivity index (χ1) is 13.2. The van der Waals surface area contributed by atoms with E-state index in [0.717, 1.165) is 35.5 Å². The average Bonchev–Trinajstić information content (AvgIpc) is 2.73. The van der Waals surface area contributed by atoms with Crippen molar-refractivity contribution in [2.75, 3.05) is 0 Å². The second-order valence-electron chi connectivity index (χ2n) is 11.7. The molecule has 4 saturated carbocycles. The van der Waals surface area contributed by atoms with Crippen LogP contribution in [-0.2, 0) is 0 Å². The van der Waals surface area contributed by atoms with E-state index >= 15 is 0 Å². The van der Waals surface area contributed by atoms with Gasteiger partial charge in [-0.05, 0) is 60.2 Å².